The molecule has 3 rings (SSSR count). The molecule has 1 fully saturated rings. The Morgan fingerprint density at radius 2 is 2.50 bits per heavy atom. The van der Waals surface area contributed by atoms with Crippen LogP contribution in [0, 0.1) is 0 Å². The third-order valence-electron chi connectivity index (χ3n) is 3.44. The second-order valence-corrected chi connectivity index (χ2v) is 4.83. The Hall–Kier alpha value is -2.15. The van der Waals surface area contributed by atoms with Crippen LogP contribution in [0.15, 0.2) is 29.2 Å². The van der Waals surface area contributed by atoms with Crippen LogP contribution in [0.5, 0.6) is 0 Å². The summed E-state index contributed by atoms with van der Waals surface area (Å²) in [7, 11) is 1.62. The summed E-state index contributed by atoms with van der Waals surface area (Å²) in [5.74, 6) is -0.00141. The Balaban J connectivity index is 1.65. The van der Waals surface area contributed by atoms with E-state index in [0.29, 0.717) is 25.3 Å². The van der Waals surface area contributed by atoms with Crippen LogP contribution in [0.1, 0.15) is 28.5 Å². The molecular weight excluding hydrogens is 260 g/mol. The lowest BCUT2D eigenvalue weighted by Gasteiger charge is -2.15. The Bertz CT molecular complexity index is 578. The number of hydrogen-bond acceptors (Lipinski definition) is 5. The van der Waals surface area contributed by atoms with Crippen LogP contribution in [0.25, 0.3) is 0 Å². The molecule has 106 valence electrons. The molecule has 0 spiro atoms. The van der Waals surface area contributed by atoms with Crippen LogP contribution in [0.4, 0.5) is 0 Å². The van der Waals surface area contributed by atoms with Gasteiger partial charge in [0.05, 0.1) is 30.7 Å². The summed E-state index contributed by atoms with van der Waals surface area (Å²) in [6.45, 7) is 1.80. The van der Waals surface area contributed by atoms with Gasteiger partial charge in [-0.3, -0.25) is 4.79 Å². The Morgan fingerprint density at radius 3 is 3.25 bits per heavy atom. The molecule has 2 aromatic rings. The lowest BCUT2D eigenvalue weighted by molar-refractivity contribution is 0.0786. The van der Waals surface area contributed by atoms with Gasteiger partial charge in [-0.1, -0.05) is 5.21 Å². The summed E-state index contributed by atoms with van der Waals surface area (Å²) in [4.78, 5) is 14.0. The van der Waals surface area contributed by atoms with Gasteiger partial charge in [-0.15, -0.1) is 5.10 Å². The van der Waals surface area contributed by atoms with Gasteiger partial charge in [-0.2, -0.15) is 0 Å². The molecule has 0 unspecified atom stereocenters. The van der Waals surface area contributed by atoms with Crippen molar-refractivity contribution in [3.05, 3.63) is 36.0 Å². The van der Waals surface area contributed by atoms with E-state index in [0.717, 1.165) is 12.1 Å². The first-order valence-electron chi connectivity index (χ1n) is 6.49. The number of rotatable bonds is 4. The largest absolute Gasteiger partial charge is 0.472 e. The molecule has 1 aliphatic heterocycles. The van der Waals surface area contributed by atoms with Crippen molar-refractivity contribution in [2.75, 3.05) is 20.2 Å². The third-order valence-corrected chi connectivity index (χ3v) is 3.44. The molecule has 0 aromatic carbocycles. The number of ether oxygens (including phenoxy) is 1. The zero-order chi connectivity index (χ0) is 13.9. The maximum atomic E-state index is 12.2. The van der Waals surface area contributed by atoms with E-state index in [2.05, 4.69) is 10.3 Å². The van der Waals surface area contributed by atoms with Crippen LogP contribution in [-0.4, -0.2) is 46.0 Å². The highest BCUT2D eigenvalue weighted by Gasteiger charge is 2.29. The predicted molar refractivity (Wildman–Crippen MR) is 69.0 cm³/mol. The molecule has 1 aliphatic rings. The van der Waals surface area contributed by atoms with E-state index < -0.39 is 0 Å². The highest BCUT2D eigenvalue weighted by atomic mass is 16.5. The summed E-state index contributed by atoms with van der Waals surface area (Å²) in [5, 5.41) is 8.14. The molecule has 0 bridgehead atoms. The summed E-state index contributed by atoms with van der Waals surface area (Å²) in [6, 6.07) is 1.85. The lowest BCUT2D eigenvalue weighted by atomic mass is 10.3. The molecule has 7 nitrogen and oxygen atoms in total. The van der Waals surface area contributed by atoms with Gasteiger partial charge >= 0.3 is 0 Å². The molecule has 20 heavy (non-hydrogen) atoms. The normalized spacial score (nSPS) is 18.6. The maximum absolute atomic E-state index is 12.2. The maximum Gasteiger partial charge on any atom is 0.257 e. The van der Waals surface area contributed by atoms with Crippen LogP contribution in [0.2, 0.25) is 0 Å². The summed E-state index contributed by atoms with van der Waals surface area (Å²) >= 11 is 0. The average molecular weight is 276 g/mol. The van der Waals surface area contributed by atoms with E-state index in [1.807, 2.05) is 15.8 Å². The summed E-state index contributed by atoms with van der Waals surface area (Å²) in [5.41, 5.74) is 1.39. The zero-order valence-corrected chi connectivity index (χ0v) is 11.2. The van der Waals surface area contributed by atoms with E-state index in [1.54, 1.807) is 13.2 Å². The second-order valence-electron chi connectivity index (χ2n) is 4.83. The zero-order valence-electron chi connectivity index (χ0n) is 11.2. The van der Waals surface area contributed by atoms with Crippen molar-refractivity contribution < 1.29 is 13.9 Å². The monoisotopic (exact) mass is 276 g/mol. The van der Waals surface area contributed by atoms with Crippen molar-refractivity contribution >= 4 is 5.91 Å². The number of aromatic nitrogens is 3. The summed E-state index contributed by atoms with van der Waals surface area (Å²) < 4.78 is 11.8. The van der Waals surface area contributed by atoms with Crippen molar-refractivity contribution in [3.63, 3.8) is 0 Å². The van der Waals surface area contributed by atoms with E-state index >= 15 is 0 Å². The van der Waals surface area contributed by atoms with E-state index in [1.165, 1.54) is 12.5 Å². The van der Waals surface area contributed by atoms with Gasteiger partial charge in [0, 0.05) is 20.2 Å². The first kappa shape index (κ1) is 12.9. The highest BCUT2D eigenvalue weighted by Crippen LogP contribution is 2.22. The quantitative estimate of drug-likeness (QED) is 0.836. The van der Waals surface area contributed by atoms with Gasteiger partial charge in [0.15, 0.2) is 0 Å². The molecule has 1 amide bonds. The molecule has 2 aromatic heterocycles. The highest BCUT2D eigenvalue weighted by molar-refractivity contribution is 5.94. The Labute approximate surface area is 116 Å². The predicted octanol–water partition coefficient (Wildman–Crippen LogP) is 1.10. The number of carbonyl (C=O) groups is 1. The number of amides is 1. The first-order valence-corrected chi connectivity index (χ1v) is 6.49. The first-order chi connectivity index (χ1) is 9.78. The Kier molecular flexibility index (Phi) is 3.51. The van der Waals surface area contributed by atoms with E-state index in [4.69, 9.17) is 9.15 Å². The molecule has 7 heteroatoms. The SMILES string of the molecule is COCc1cn([C@@H]2CCN(C(=O)c3ccoc3)C2)nn1. The fourth-order valence-electron chi connectivity index (χ4n) is 2.42. The molecular formula is C13H16N4O3. The number of nitrogens with zero attached hydrogens (tertiary/aromatic N) is 4. The lowest BCUT2D eigenvalue weighted by Crippen LogP contribution is -2.28. The van der Waals surface area contributed by atoms with Crippen molar-refractivity contribution in [2.24, 2.45) is 0 Å². The van der Waals surface area contributed by atoms with Crippen molar-refractivity contribution in [1.29, 1.82) is 0 Å². The number of furan rings is 1. The Morgan fingerprint density at radius 1 is 1.60 bits per heavy atom. The van der Waals surface area contributed by atoms with Crippen LogP contribution in [-0.2, 0) is 11.3 Å². The van der Waals surface area contributed by atoms with Crippen molar-refractivity contribution in [2.45, 2.75) is 19.1 Å². The number of carbonyl (C=O) groups excluding carboxylic acids is 1. The fraction of sp³-hybridized carbons (Fsp3) is 0.462. The van der Waals surface area contributed by atoms with Crippen LogP contribution < -0.4 is 0 Å². The van der Waals surface area contributed by atoms with Gasteiger partial charge in [-0.05, 0) is 12.5 Å². The number of methoxy groups -OCH3 is 1. The topological polar surface area (TPSA) is 73.4 Å². The van der Waals surface area contributed by atoms with Crippen molar-refractivity contribution in [1.82, 2.24) is 19.9 Å². The summed E-state index contributed by atoms with van der Waals surface area (Å²) in [6.07, 6.45) is 5.73. The molecule has 3 heterocycles. The molecule has 0 radical (unpaired) electrons. The van der Waals surface area contributed by atoms with E-state index in [9.17, 15) is 4.79 Å². The molecule has 1 atom stereocenters. The van der Waals surface area contributed by atoms with Gasteiger partial charge in [0.2, 0.25) is 0 Å². The minimum atomic E-state index is -0.00141. The smallest absolute Gasteiger partial charge is 0.257 e. The molecule has 0 saturated carbocycles. The molecule has 1 saturated heterocycles. The molecule has 0 N–H and O–H groups in total. The standard InChI is InChI=1S/C13H16N4O3/c1-19-9-11-6-17(15-14-11)12-2-4-16(7-12)13(18)10-3-5-20-8-10/h3,5-6,8,12H,2,4,7,9H2,1H3/t12-/m1/s1. The minimum Gasteiger partial charge on any atom is -0.472 e. The third kappa shape index (κ3) is 2.44. The van der Waals surface area contributed by atoms with Crippen LogP contribution >= 0.6 is 0 Å². The average Bonchev–Trinajstić information content (AvgIpc) is 3.19. The second kappa shape index (κ2) is 5.46. The van der Waals surface area contributed by atoms with E-state index in [-0.39, 0.29) is 11.9 Å². The number of hydrogen-bond donors (Lipinski definition) is 0. The van der Waals surface area contributed by atoms with Gasteiger partial charge in [-0.25, -0.2) is 4.68 Å². The van der Waals surface area contributed by atoms with Crippen molar-refractivity contribution in [3.8, 4) is 0 Å². The van der Waals surface area contributed by atoms with Gasteiger partial charge in [0.25, 0.3) is 5.91 Å². The van der Waals surface area contributed by atoms with Gasteiger partial charge in [0.1, 0.15) is 12.0 Å². The number of likely N-dealkylation sites (tertiary alicyclic amines) is 1. The van der Waals surface area contributed by atoms with Crippen LogP contribution in [0.3, 0.4) is 0 Å². The minimum absolute atomic E-state index is 0.00141. The van der Waals surface area contributed by atoms with Gasteiger partial charge < -0.3 is 14.1 Å². The fourth-order valence-corrected chi connectivity index (χ4v) is 2.42. The molecule has 0 aliphatic carbocycles.